The number of aromatic nitrogens is 2. The first kappa shape index (κ1) is 22.0. The van der Waals surface area contributed by atoms with Gasteiger partial charge in [-0.1, -0.05) is 12.8 Å². The Morgan fingerprint density at radius 1 is 1.29 bits per heavy atom. The van der Waals surface area contributed by atoms with Crippen LogP contribution in [0.4, 0.5) is 23.1 Å². The second-order valence-electron chi connectivity index (χ2n) is 7.15. The third-order valence-corrected chi connectivity index (χ3v) is 4.94. The number of methoxy groups -OCH3 is 1. The van der Waals surface area contributed by atoms with Gasteiger partial charge in [-0.3, -0.25) is 10.2 Å². The van der Waals surface area contributed by atoms with Gasteiger partial charge in [0.1, 0.15) is 17.1 Å². The van der Waals surface area contributed by atoms with E-state index in [1.54, 1.807) is 25.3 Å². The molecule has 0 aliphatic heterocycles. The number of amides is 1. The van der Waals surface area contributed by atoms with Gasteiger partial charge in [0.2, 0.25) is 5.95 Å². The Labute approximate surface area is 180 Å². The van der Waals surface area contributed by atoms with Gasteiger partial charge in [-0.25, -0.2) is 4.98 Å². The van der Waals surface area contributed by atoms with Crippen LogP contribution in [0.25, 0.3) is 0 Å². The van der Waals surface area contributed by atoms with E-state index in [-0.39, 0.29) is 23.5 Å². The predicted octanol–water partition coefficient (Wildman–Crippen LogP) is 2.06. The van der Waals surface area contributed by atoms with Crippen LogP contribution < -0.4 is 32.3 Å². The molecule has 0 spiro atoms. The number of ether oxygens (including phenoxy) is 1. The summed E-state index contributed by atoms with van der Waals surface area (Å²) in [6.45, 7) is 0. The Hall–Kier alpha value is -3.73. The molecule has 0 bridgehead atoms. The molecule has 11 nitrogen and oxygen atoms in total. The van der Waals surface area contributed by atoms with Gasteiger partial charge in [0.15, 0.2) is 0 Å². The van der Waals surface area contributed by atoms with E-state index in [1.807, 2.05) is 0 Å². The second kappa shape index (κ2) is 10.3. The molecule has 0 saturated heterocycles. The van der Waals surface area contributed by atoms with E-state index in [1.165, 1.54) is 12.4 Å². The van der Waals surface area contributed by atoms with Crippen molar-refractivity contribution in [2.24, 2.45) is 16.6 Å². The van der Waals surface area contributed by atoms with Gasteiger partial charge < -0.3 is 32.2 Å². The molecule has 2 aromatic rings. The number of hydrogen-bond donors (Lipinski definition) is 6. The number of anilines is 4. The number of nitrogens with two attached hydrogens (primary N) is 2. The van der Waals surface area contributed by atoms with Gasteiger partial charge in [-0.05, 0) is 18.9 Å². The third-order valence-electron chi connectivity index (χ3n) is 4.94. The van der Waals surface area contributed by atoms with Gasteiger partial charge in [-0.2, -0.15) is 10.1 Å². The predicted molar refractivity (Wildman–Crippen MR) is 122 cm³/mol. The average Bonchev–Trinajstić information content (AvgIpc) is 2.75. The highest BCUT2D eigenvalue weighted by Gasteiger charge is 2.23. The normalized spacial score (nSPS) is 18.4. The topological polar surface area (TPSA) is 176 Å². The molecular formula is C20H27N9O2. The lowest BCUT2D eigenvalue weighted by molar-refractivity contribution is 0.100. The molecule has 0 unspecified atom stereocenters. The lowest BCUT2D eigenvalue weighted by Gasteiger charge is -2.29. The monoisotopic (exact) mass is 425 g/mol. The van der Waals surface area contributed by atoms with Crippen molar-refractivity contribution in [2.45, 2.75) is 37.8 Å². The molecule has 3 rings (SSSR count). The van der Waals surface area contributed by atoms with Gasteiger partial charge in [0.25, 0.3) is 5.91 Å². The maximum absolute atomic E-state index is 11.9. The number of hydrogen-bond acceptors (Lipinski definition) is 10. The minimum Gasteiger partial charge on any atom is -0.497 e. The summed E-state index contributed by atoms with van der Waals surface area (Å²) in [7, 11) is 1.54. The van der Waals surface area contributed by atoms with Crippen LogP contribution in [-0.4, -0.2) is 47.5 Å². The van der Waals surface area contributed by atoms with E-state index in [0.29, 0.717) is 23.1 Å². The van der Waals surface area contributed by atoms with Crippen LogP contribution in [0.3, 0.4) is 0 Å². The molecular weight excluding hydrogens is 398 g/mol. The first-order chi connectivity index (χ1) is 15.0. The lowest BCUT2D eigenvalue weighted by atomic mass is 9.91. The fraction of sp³-hybridized carbons (Fsp3) is 0.350. The second-order valence-corrected chi connectivity index (χ2v) is 7.15. The minimum absolute atomic E-state index is 0.0260. The van der Waals surface area contributed by atoms with Crippen LogP contribution in [0.2, 0.25) is 0 Å². The SMILES string of the molecule is COc1cc(N/N=C\C=N)cc(Nc2nc(N[C@@H]3CCCC[C@@H]3N)ncc2C(N)=O)c1. The summed E-state index contributed by atoms with van der Waals surface area (Å²) in [5.74, 6) is 0.530. The summed E-state index contributed by atoms with van der Waals surface area (Å²) in [4.78, 5) is 20.6. The highest BCUT2D eigenvalue weighted by molar-refractivity contribution is 6.14. The molecule has 11 heteroatoms. The first-order valence-corrected chi connectivity index (χ1v) is 9.93. The van der Waals surface area contributed by atoms with Crippen molar-refractivity contribution in [1.29, 1.82) is 5.41 Å². The summed E-state index contributed by atoms with van der Waals surface area (Å²) in [6.07, 6.45) is 7.84. The molecule has 164 valence electrons. The smallest absolute Gasteiger partial charge is 0.254 e. The Kier molecular flexibility index (Phi) is 7.33. The first-order valence-electron chi connectivity index (χ1n) is 9.93. The average molecular weight is 425 g/mol. The van der Waals surface area contributed by atoms with Gasteiger partial charge >= 0.3 is 0 Å². The lowest BCUT2D eigenvalue weighted by Crippen LogP contribution is -2.43. The molecule has 1 aromatic carbocycles. The van der Waals surface area contributed by atoms with Crippen LogP contribution in [-0.2, 0) is 0 Å². The van der Waals surface area contributed by atoms with Crippen LogP contribution in [0.15, 0.2) is 29.5 Å². The van der Waals surface area contributed by atoms with Gasteiger partial charge in [0.05, 0.1) is 19.0 Å². The Bertz CT molecular complexity index is 964. The molecule has 1 amide bonds. The number of rotatable bonds is 9. The molecule has 2 atom stereocenters. The summed E-state index contributed by atoms with van der Waals surface area (Å²) < 4.78 is 5.33. The Morgan fingerprint density at radius 3 is 2.77 bits per heavy atom. The number of benzene rings is 1. The zero-order valence-electron chi connectivity index (χ0n) is 17.3. The summed E-state index contributed by atoms with van der Waals surface area (Å²) >= 11 is 0. The van der Waals surface area contributed by atoms with E-state index in [9.17, 15) is 4.79 Å². The summed E-state index contributed by atoms with van der Waals surface area (Å²) in [6, 6.07) is 5.32. The van der Waals surface area contributed by atoms with Crippen molar-refractivity contribution in [3.63, 3.8) is 0 Å². The third kappa shape index (κ3) is 5.89. The van der Waals surface area contributed by atoms with E-state index in [0.717, 1.165) is 31.9 Å². The number of nitrogens with zero attached hydrogens (tertiary/aromatic N) is 3. The molecule has 1 aliphatic carbocycles. The number of carbonyl (C=O) groups is 1. The number of carbonyl (C=O) groups excluding carboxylic acids is 1. The maximum atomic E-state index is 11.9. The molecule has 1 aromatic heterocycles. The van der Waals surface area contributed by atoms with Crippen molar-refractivity contribution in [3.8, 4) is 5.75 Å². The Morgan fingerprint density at radius 2 is 2.06 bits per heavy atom. The number of primary amides is 1. The van der Waals surface area contributed by atoms with Crippen molar-refractivity contribution >= 4 is 41.5 Å². The van der Waals surface area contributed by atoms with Crippen LogP contribution in [0.5, 0.6) is 5.75 Å². The molecule has 1 saturated carbocycles. The van der Waals surface area contributed by atoms with Gasteiger partial charge in [-0.15, -0.1) is 0 Å². The fourth-order valence-electron chi connectivity index (χ4n) is 3.37. The maximum Gasteiger partial charge on any atom is 0.254 e. The largest absolute Gasteiger partial charge is 0.497 e. The van der Waals surface area contributed by atoms with Crippen molar-refractivity contribution < 1.29 is 9.53 Å². The molecule has 1 aliphatic rings. The zero-order chi connectivity index (χ0) is 22.2. The zero-order valence-corrected chi connectivity index (χ0v) is 17.3. The van der Waals surface area contributed by atoms with Gasteiger partial charge in [0, 0.05) is 42.3 Å². The molecule has 1 heterocycles. The van der Waals surface area contributed by atoms with E-state index in [2.05, 4.69) is 31.1 Å². The standard InChI is InChI=1S/C20H27N9O2/c1-31-14-9-12(8-13(10-14)29-25-7-6-21)26-19-15(18(23)30)11-24-20(28-19)27-17-5-3-2-4-16(17)22/h6-11,16-17,21,29H,2-5,22H2,1H3,(H2,23,30)(H2,24,26,27,28)/b21-6?,25-7-/t16-,17+/m0/s1. The van der Waals surface area contributed by atoms with Crippen molar-refractivity contribution in [1.82, 2.24) is 9.97 Å². The van der Waals surface area contributed by atoms with E-state index >= 15 is 0 Å². The minimum atomic E-state index is -0.653. The molecule has 8 N–H and O–H groups in total. The van der Waals surface area contributed by atoms with E-state index in [4.69, 9.17) is 21.6 Å². The van der Waals surface area contributed by atoms with Crippen LogP contribution >= 0.6 is 0 Å². The van der Waals surface area contributed by atoms with Crippen molar-refractivity contribution in [3.05, 3.63) is 30.0 Å². The number of nitrogens with one attached hydrogen (secondary N) is 4. The quantitative estimate of drug-likeness (QED) is 0.261. The Balaban J connectivity index is 1.88. The summed E-state index contributed by atoms with van der Waals surface area (Å²) in [5.41, 5.74) is 15.9. The molecule has 1 fully saturated rings. The highest BCUT2D eigenvalue weighted by atomic mass is 16.5. The molecule has 0 radical (unpaired) electrons. The van der Waals surface area contributed by atoms with Crippen LogP contribution in [0.1, 0.15) is 36.0 Å². The number of hydrazone groups is 1. The fourth-order valence-corrected chi connectivity index (χ4v) is 3.37. The molecule has 31 heavy (non-hydrogen) atoms. The van der Waals surface area contributed by atoms with E-state index < -0.39 is 5.91 Å². The van der Waals surface area contributed by atoms with Crippen LogP contribution in [0, 0.1) is 5.41 Å². The highest BCUT2D eigenvalue weighted by Crippen LogP contribution is 2.28. The van der Waals surface area contributed by atoms with Crippen molar-refractivity contribution in [2.75, 3.05) is 23.2 Å². The summed E-state index contributed by atoms with van der Waals surface area (Å²) in [5, 5.41) is 17.3.